The smallest absolute Gasteiger partial charge is 0.241 e. The Morgan fingerprint density at radius 2 is 1.85 bits per heavy atom. The number of aromatic nitrogens is 2. The van der Waals surface area contributed by atoms with Gasteiger partial charge in [-0.05, 0) is 43.7 Å². The third-order valence-corrected chi connectivity index (χ3v) is 8.09. The van der Waals surface area contributed by atoms with E-state index < -0.39 is 22.1 Å². The van der Waals surface area contributed by atoms with E-state index in [1.54, 1.807) is 21.9 Å². The Balaban J connectivity index is 1.82. The maximum Gasteiger partial charge on any atom is 0.241 e. The minimum Gasteiger partial charge on any atom is -0.396 e. The summed E-state index contributed by atoms with van der Waals surface area (Å²) in [7, 11) is -2.28. The number of hydrogen-bond acceptors (Lipinski definition) is 6. The monoisotopic (exact) mass is 516 g/mol. The summed E-state index contributed by atoms with van der Waals surface area (Å²) in [5, 5.41) is 0.0418. The van der Waals surface area contributed by atoms with Crippen molar-refractivity contribution >= 4 is 44.8 Å². The Morgan fingerprint density at radius 1 is 1.24 bits per heavy atom. The molecule has 0 aliphatic carbocycles. The molecule has 2 heterocycles. The summed E-state index contributed by atoms with van der Waals surface area (Å²) in [6.07, 6.45) is 5.74. The molecule has 2 aromatic rings. The lowest BCUT2D eigenvalue weighted by molar-refractivity contribution is -0.134. The zero-order chi connectivity index (χ0) is 24.3. The maximum atomic E-state index is 13.3. The van der Waals surface area contributed by atoms with Gasteiger partial charge in [-0.15, -0.1) is 0 Å². The highest BCUT2D eigenvalue weighted by Crippen LogP contribution is 2.31. The van der Waals surface area contributed by atoms with Crippen LogP contribution >= 0.6 is 23.2 Å². The van der Waals surface area contributed by atoms with E-state index in [9.17, 15) is 13.2 Å². The molecule has 1 amide bonds. The molecule has 12 heteroatoms. The number of halogens is 2. The lowest BCUT2D eigenvalue weighted by atomic mass is 9.98. The van der Waals surface area contributed by atoms with Gasteiger partial charge in [-0.1, -0.05) is 30.1 Å². The number of anilines is 1. The molecular formula is C21H30Cl2N6O3S. The van der Waals surface area contributed by atoms with Gasteiger partial charge in [0.1, 0.15) is 11.9 Å². The van der Waals surface area contributed by atoms with Crippen molar-refractivity contribution in [1.29, 1.82) is 0 Å². The third-order valence-electron chi connectivity index (χ3n) is 6.01. The van der Waals surface area contributed by atoms with Crippen LogP contribution < -0.4 is 16.2 Å². The number of imidazole rings is 1. The number of rotatable bonds is 8. The van der Waals surface area contributed by atoms with Crippen molar-refractivity contribution in [3.8, 4) is 0 Å². The number of amides is 1. The number of hydrogen-bond donors (Lipinski definition) is 3. The van der Waals surface area contributed by atoms with Crippen molar-refractivity contribution in [3.05, 3.63) is 40.4 Å². The average molecular weight is 517 g/mol. The quantitative estimate of drug-likeness (QED) is 0.461. The van der Waals surface area contributed by atoms with E-state index in [2.05, 4.69) is 16.6 Å². The van der Waals surface area contributed by atoms with Crippen LogP contribution in [0.5, 0.6) is 0 Å². The molecule has 182 valence electrons. The molecule has 33 heavy (non-hydrogen) atoms. The molecule has 1 aliphatic rings. The van der Waals surface area contributed by atoms with Crippen molar-refractivity contribution in [3.63, 3.8) is 0 Å². The Morgan fingerprint density at radius 3 is 2.39 bits per heavy atom. The number of nitrogen functional groups attached to an aromatic ring is 1. The van der Waals surface area contributed by atoms with Crippen molar-refractivity contribution in [2.45, 2.75) is 49.6 Å². The van der Waals surface area contributed by atoms with E-state index in [0.717, 1.165) is 12.8 Å². The van der Waals surface area contributed by atoms with E-state index in [0.29, 0.717) is 31.3 Å². The summed E-state index contributed by atoms with van der Waals surface area (Å²) in [5.74, 6) is 0.915. The van der Waals surface area contributed by atoms with Crippen molar-refractivity contribution in [2.24, 2.45) is 18.7 Å². The minimum atomic E-state index is -4.11. The van der Waals surface area contributed by atoms with Crippen LogP contribution in [0, 0.1) is 5.92 Å². The fourth-order valence-corrected chi connectivity index (χ4v) is 5.76. The van der Waals surface area contributed by atoms with Crippen LogP contribution in [-0.2, 0) is 21.9 Å². The number of aryl methyl sites for hydroxylation is 1. The number of nitrogens with one attached hydrogen (secondary N) is 1. The molecule has 1 saturated heterocycles. The van der Waals surface area contributed by atoms with Gasteiger partial charge in [-0.2, -0.15) is 4.72 Å². The molecule has 1 aliphatic heterocycles. The summed E-state index contributed by atoms with van der Waals surface area (Å²) in [6, 6.07) is 0.986. The van der Waals surface area contributed by atoms with Crippen molar-refractivity contribution in [2.75, 3.05) is 18.8 Å². The van der Waals surface area contributed by atoms with Crippen LogP contribution in [-0.4, -0.2) is 47.9 Å². The highest BCUT2D eigenvalue weighted by molar-refractivity contribution is 7.89. The normalized spacial score (nSPS) is 17.2. The fourth-order valence-electron chi connectivity index (χ4n) is 3.86. The number of sulfonamides is 1. The summed E-state index contributed by atoms with van der Waals surface area (Å²) in [6.45, 7) is 3.31. The van der Waals surface area contributed by atoms with Gasteiger partial charge < -0.3 is 20.9 Å². The second kappa shape index (κ2) is 10.6. The second-order valence-electron chi connectivity index (χ2n) is 8.56. The Bertz CT molecular complexity index is 1080. The minimum absolute atomic E-state index is 0.0209. The molecule has 0 saturated carbocycles. The molecule has 1 aromatic heterocycles. The van der Waals surface area contributed by atoms with E-state index >= 15 is 0 Å². The summed E-state index contributed by atoms with van der Waals surface area (Å²) >= 11 is 12.1. The van der Waals surface area contributed by atoms with Gasteiger partial charge >= 0.3 is 0 Å². The molecule has 1 fully saturated rings. The summed E-state index contributed by atoms with van der Waals surface area (Å²) in [5.41, 5.74) is 12.1. The SMILES string of the molecule is CC1CCN(C(=O)C(CCC(N)c2nccn2C)NS(=O)(=O)c2cc(Cl)c(N)c(Cl)c2)CC1. The Kier molecular flexibility index (Phi) is 8.28. The van der Waals surface area contributed by atoms with Crippen molar-refractivity contribution in [1.82, 2.24) is 19.2 Å². The zero-order valence-electron chi connectivity index (χ0n) is 18.7. The molecule has 0 spiro atoms. The highest BCUT2D eigenvalue weighted by Gasteiger charge is 2.32. The molecule has 5 N–H and O–H groups in total. The van der Waals surface area contributed by atoms with Crippen LogP contribution in [0.3, 0.4) is 0 Å². The second-order valence-corrected chi connectivity index (χ2v) is 11.1. The first-order valence-electron chi connectivity index (χ1n) is 10.8. The summed E-state index contributed by atoms with van der Waals surface area (Å²) < 4.78 is 30.6. The summed E-state index contributed by atoms with van der Waals surface area (Å²) in [4.78, 5) is 19.1. The lowest BCUT2D eigenvalue weighted by Gasteiger charge is -2.33. The molecule has 2 atom stereocenters. The van der Waals surface area contributed by atoms with Gasteiger partial charge in [0.2, 0.25) is 15.9 Å². The standard InChI is InChI=1S/C21H30Cl2N6O3S/c1-13-5-8-29(9-6-13)21(30)18(4-3-17(24)20-26-7-10-28(20)2)27-33(31,32)14-11-15(22)19(25)16(23)12-14/h7,10-13,17-18,27H,3-6,8-9,24-25H2,1-2H3. The van der Waals surface area contributed by atoms with Gasteiger partial charge in [-0.25, -0.2) is 13.4 Å². The zero-order valence-corrected chi connectivity index (χ0v) is 21.0. The van der Waals surface area contributed by atoms with Crippen LogP contribution in [0.15, 0.2) is 29.4 Å². The Labute approximate surface area is 204 Å². The van der Waals surface area contributed by atoms with Crippen LogP contribution in [0.25, 0.3) is 0 Å². The molecule has 0 radical (unpaired) electrons. The first-order valence-corrected chi connectivity index (χ1v) is 13.0. The van der Waals surface area contributed by atoms with E-state index in [1.165, 1.54) is 12.1 Å². The van der Waals surface area contributed by atoms with Crippen molar-refractivity contribution < 1.29 is 13.2 Å². The van der Waals surface area contributed by atoms with Crippen LogP contribution in [0.4, 0.5) is 5.69 Å². The number of carbonyl (C=O) groups excluding carboxylic acids is 1. The Hall–Kier alpha value is -1.85. The molecular weight excluding hydrogens is 487 g/mol. The van der Waals surface area contributed by atoms with Crippen LogP contribution in [0.2, 0.25) is 10.0 Å². The first-order chi connectivity index (χ1) is 15.5. The van der Waals surface area contributed by atoms with Gasteiger partial charge in [-0.3, -0.25) is 4.79 Å². The number of carbonyl (C=O) groups is 1. The molecule has 0 bridgehead atoms. The molecule has 2 unspecified atom stereocenters. The van der Waals surface area contributed by atoms with Gasteiger partial charge in [0.15, 0.2) is 0 Å². The fraction of sp³-hybridized carbons (Fsp3) is 0.524. The van der Waals surface area contributed by atoms with Gasteiger partial charge in [0.05, 0.1) is 26.7 Å². The largest absolute Gasteiger partial charge is 0.396 e. The highest BCUT2D eigenvalue weighted by atomic mass is 35.5. The van der Waals surface area contributed by atoms with Gasteiger partial charge in [0.25, 0.3) is 0 Å². The first kappa shape index (κ1) is 25.8. The van der Waals surface area contributed by atoms with E-state index in [1.807, 2.05) is 7.05 Å². The number of piperidine rings is 1. The van der Waals surface area contributed by atoms with E-state index in [-0.39, 0.29) is 33.0 Å². The lowest BCUT2D eigenvalue weighted by Crippen LogP contribution is -2.50. The maximum absolute atomic E-state index is 13.3. The predicted octanol–water partition coefficient (Wildman–Crippen LogP) is 2.69. The third kappa shape index (κ3) is 6.19. The van der Waals surface area contributed by atoms with Gasteiger partial charge in [0, 0.05) is 32.5 Å². The van der Waals surface area contributed by atoms with Crippen LogP contribution in [0.1, 0.15) is 44.5 Å². The molecule has 3 rings (SSSR count). The number of nitrogens with zero attached hydrogens (tertiary/aromatic N) is 3. The topological polar surface area (TPSA) is 136 Å². The van der Waals surface area contributed by atoms with E-state index in [4.69, 9.17) is 34.7 Å². The molecule has 1 aromatic carbocycles. The number of nitrogens with two attached hydrogens (primary N) is 2. The predicted molar refractivity (Wildman–Crippen MR) is 129 cm³/mol. The number of likely N-dealkylation sites (tertiary alicyclic amines) is 1. The number of benzene rings is 1. The average Bonchev–Trinajstić information content (AvgIpc) is 3.20. The molecule has 9 nitrogen and oxygen atoms in total.